The predicted octanol–water partition coefficient (Wildman–Crippen LogP) is 3.20. The Hall–Kier alpha value is -1.62. The van der Waals surface area contributed by atoms with Gasteiger partial charge in [0.05, 0.1) is 6.61 Å². The number of hydrogen-bond donors (Lipinski definition) is 1. The van der Waals surface area contributed by atoms with Gasteiger partial charge in [0.1, 0.15) is 5.76 Å². The Balaban J connectivity index is 2.09. The number of carbonyl (C=O) groups is 1. The molecule has 1 aromatic heterocycles. The van der Waals surface area contributed by atoms with Gasteiger partial charge in [-0.25, -0.2) is 0 Å². The van der Waals surface area contributed by atoms with Crippen LogP contribution >= 0.6 is 0 Å². The van der Waals surface area contributed by atoms with E-state index in [4.69, 9.17) is 4.52 Å². The van der Waals surface area contributed by atoms with Crippen molar-refractivity contribution in [3.05, 3.63) is 29.2 Å². The lowest BCUT2D eigenvalue weighted by atomic mass is 9.77. The van der Waals surface area contributed by atoms with Gasteiger partial charge in [-0.05, 0) is 39.5 Å². The summed E-state index contributed by atoms with van der Waals surface area (Å²) in [6, 6.07) is 1.75. The second kappa shape index (κ2) is 7.77. The molecule has 23 heavy (non-hydrogen) atoms. The van der Waals surface area contributed by atoms with Crippen LogP contribution in [-0.4, -0.2) is 40.8 Å². The van der Waals surface area contributed by atoms with Gasteiger partial charge in [-0.3, -0.25) is 4.79 Å². The van der Waals surface area contributed by atoms with Gasteiger partial charge in [0.25, 0.3) is 5.91 Å². The van der Waals surface area contributed by atoms with Crippen molar-refractivity contribution in [1.29, 1.82) is 0 Å². The van der Waals surface area contributed by atoms with Crippen LogP contribution in [-0.2, 0) is 6.42 Å². The number of allylic oxidation sites excluding steroid dienone is 2. The van der Waals surface area contributed by atoms with E-state index >= 15 is 0 Å². The normalized spacial score (nSPS) is 21.3. The van der Waals surface area contributed by atoms with Crippen molar-refractivity contribution in [3.63, 3.8) is 0 Å². The molecule has 1 atom stereocenters. The topological polar surface area (TPSA) is 66.6 Å². The molecule has 1 N–H and O–H groups in total. The van der Waals surface area contributed by atoms with E-state index < -0.39 is 0 Å². The molecule has 1 aliphatic heterocycles. The van der Waals surface area contributed by atoms with Gasteiger partial charge < -0.3 is 14.5 Å². The Morgan fingerprint density at radius 2 is 2.30 bits per heavy atom. The Morgan fingerprint density at radius 3 is 2.96 bits per heavy atom. The first-order valence-electron chi connectivity index (χ1n) is 8.49. The van der Waals surface area contributed by atoms with E-state index in [-0.39, 0.29) is 17.9 Å². The van der Waals surface area contributed by atoms with E-state index in [1.165, 1.54) is 5.57 Å². The Kier molecular flexibility index (Phi) is 5.99. The fourth-order valence-corrected chi connectivity index (χ4v) is 3.10. The van der Waals surface area contributed by atoms with Crippen molar-refractivity contribution >= 4 is 5.91 Å². The number of nitrogens with zero attached hydrogens (tertiary/aromatic N) is 2. The Labute approximate surface area is 138 Å². The van der Waals surface area contributed by atoms with E-state index in [0.29, 0.717) is 18.8 Å². The molecule has 1 aliphatic rings. The van der Waals surface area contributed by atoms with Gasteiger partial charge >= 0.3 is 0 Å². The van der Waals surface area contributed by atoms with Crippen molar-refractivity contribution in [2.75, 3.05) is 19.7 Å². The molecule has 5 nitrogen and oxygen atoms in total. The van der Waals surface area contributed by atoms with E-state index in [1.807, 2.05) is 4.90 Å². The van der Waals surface area contributed by atoms with Crippen LogP contribution in [0.3, 0.4) is 0 Å². The average Bonchev–Trinajstić information content (AvgIpc) is 3.01. The number of rotatable bonds is 6. The smallest absolute Gasteiger partial charge is 0.276 e. The standard InChI is InChI=1S/C18H28N2O3/c1-4-6-15-11-16(19-23-15)17(22)20-10-5-8-18(12-20,13-21)9-7-14(2)3/h7,11,21H,4-6,8-10,12-13H2,1-3H3. The van der Waals surface area contributed by atoms with E-state index in [2.05, 4.69) is 32.0 Å². The van der Waals surface area contributed by atoms with Crippen molar-refractivity contribution in [3.8, 4) is 0 Å². The van der Waals surface area contributed by atoms with Crippen LogP contribution in [0.25, 0.3) is 0 Å². The summed E-state index contributed by atoms with van der Waals surface area (Å²) in [6.45, 7) is 7.56. The second-order valence-electron chi connectivity index (χ2n) is 6.90. The number of likely N-dealkylation sites (tertiary alicyclic amines) is 1. The van der Waals surface area contributed by atoms with Crippen molar-refractivity contribution < 1.29 is 14.4 Å². The first-order valence-corrected chi connectivity index (χ1v) is 8.49. The summed E-state index contributed by atoms with van der Waals surface area (Å²) in [5.41, 5.74) is 1.38. The molecule has 1 amide bonds. The van der Waals surface area contributed by atoms with Crippen molar-refractivity contribution in [1.82, 2.24) is 10.1 Å². The zero-order valence-electron chi connectivity index (χ0n) is 14.5. The van der Waals surface area contributed by atoms with Crippen LogP contribution in [0.1, 0.15) is 62.7 Å². The molecule has 1 fully saturated rings. The number of aliphatic hydroxyl groups is 1. The number of carbonyl (C=O) groups excluding carboxylic acids is 1. The lowest BCUT2D eigenvalue weighted by molar-refractivity contribution is 0.0278. The van der Waals surface area contributed by atoms with Gasteiger partial charge in [-0.2, -0.15) is 0 Å². The molecular formula is C18H28N2O3. The van der Waals surface area contributed by atoms with Gasteiger partial charge in [-0.15, -0.1) is 0 Å². The fourth-order valence-electron chi connectivity index (χ4n) is 3.10. The zero-order valence-corrected chi connectivity index (χ0v) is 14.5. The molecule has 0 spiro atoms. The summed E-state index contributed by atoms with van der Waals surface area (Å²) in [5, 5.41) is 13.8. The minimum absolute atomic E-state index is 0.0918. The van der Waals surface area contributed by atoms with Crippen LogP contribution in [0.4, 0.5) is 0 Å². The molecular weight excluding hydrogens is 292 g/mol. The monoisotopic (exact) mass is 320 g/mol. The SMILES string of the molecule is CCCc1cc(C(=O)N2CCCC(CO)(CC=C(C)C)C2)no1. The molecule has 2 rings (SSSR count). The summed E-state index contributed by atoms with van der Waals surface area (Å²) in [4.78, 5) is 14.5. The highest BCUT2D eigenvalue weighted by Crippen LogP contribution is 2.34. The molecule has 0 radical (unpaired) electrons. The van der Waals surface area contributed by atoms with Gasteiger partial charge in [-0.1, -0.05) is 23.7 Å². The van der Waals surface area contributed by atoms with E-state index in [0.717, 1.165) is 37.9 Å². The second-order valence-corrected chi connectivity index (χ2v) is 6.90. The lowest BCUT2D eigenvalue weighted by Gasteiger charge is -2.41. The lowest BCUT2D eigenvalue weighted by Crippen LogP contribution is -2.47. The number of piperidine rings is 1. The maximum Gasteiger partial charge on any atom is 0.276 e. The summed E-state index contributed by atoms with van der Waals surface area (Å²) in [6.07, 6.45) is 6.55. The van der Waals surface area contributed by atoms with Crippen LogP contribution in [0.5, 0.6) is 0 Å². The quantitative estimate of drug-likeness (QED) is 0.817. The third-order valence-corrected chi connectivity index (χ3v) is 4.50. The van der Waals surface area contributed by atoms with Crippen LogP contribution < -0.4 is 0 Å². The highest BCUT2D eigenvalue weighted by molar-refractivity contribution is 5.92. The molecule has 128 valence electrons. The van der Waals surface area contributed by atoms with Gasteiger partial charge in [0, 0.05) is 31.0 Å². The first kappa shape index (κ1) is 17.7. The molecule has 2 heterocycles. The highest BCUT2D eigenvalue weighted by atomic mass is 16.5. The largest absolute Gasteiger partial charge is 0.396 e. The van der Waals surface area contributed by atoms with Crippen molar-refractivity contribution in [2.24, 2.45) is 5.41 Å². The molecule has 1 aromatic rings. The molecule has 0 aliphatic carbocycles. The summed E-state index contributed by atoms with van der Waals surface area (Å²) in [7, 11) is 0. The van der Waals surface area contributed by atoms with E-state index in [1.54, 1.807) is 6.07 Å². The van der Waals surface area contributed by atoms with E-state index in [9.17, 15) is 9.90 Å². The first-order chi connectivity index (χ1) is 11.0. The highest BCUT2D eigenvalue weighted by Gasteiger charge is 2.36. The van der Waals surface area contributed by atoms with Crippen LogP contribution in [0.15, 0.2) is 22.2 Å². The fraction of sp³-hybridized carbons (Fsp3) is 0.667. The zero-order chi connectivity index (χ0) is 16.9. The number of hydrogen-bond acceptors (Lipinski definition) is 4. The Morgan fingerprint density at radius 1 is 1.52 bits per heavy atom. The summed E-state index contributed by atoms with van der Waals surface area (Å²) < 4.78 is 5.22. The maximum absolute atomic E-state index is 12.7. The van der Waals surface area contributed by atoms with Gasteiger partial charge in [0.2, 0.25) is 0 Å². The molecule has 0 bridgehead atoms. The average molecular weight is 320 g/mol. The maximum atomic E-state index is 12.7. The molecule has 0 aromatic carbocycles. The summed E-state index contributed by atoms with van der Waals surface area (Å²) in [5.74, 6) is 0.664. The number of aryl methyl sites for hydroxylation is 1. The third-order valence-electron chi connectivity index (χ3n) is 4.50. The molecule has 5 heteroatoms. The number of aromatic nitrogens is 1. The van der Waals surface area contributed by atoms with Crippen LogP contribution in [0.2, 0.25) is 0 Å². The Bertz CT molecular complexity index is 560. The number of aliphatic hydroxyl groups excluding tert-OH is 1. The molecule has 1 unspecified atom stereocenters. The minimum Gasteiger partial charge on any atom is -0.396 e. The minimum atomic E-state index is -0.235. The molecule has 0 saturated carbocycles. The summed E-state index contributed by atoms with van der Waals surface area (Å²) >= 11 is 0. The number of amides is 1. The predicted molar refractivity (Wildman–Crippen MR) is 89.2 cm³/mol. The van der Waals surface area contributed by atoms with Crippen LogP contribution in [0, 0.1) is 5.41 Å². The molecule has 1 saturated heterocycles. The third kappa shape index (κ3) is 4.44. The van der Waals surface area contributed by atoms with Gasteiger partial charge in [0.15, 0.2) is 5.69 Å². The van der Waals surface area contributed by atoms with Crippen molar-refractivity contribution in [2.45, 2.75) is 52.9 Å².